The van der Waals surface area contributed by atoms with Crippen LogP contribution in [0, 0.1) is 0 Å². The third-order valence-corrected chi connectivity index (χ3v) is 4.39. The average molecular weight is 442 g/mol. The molecule has 0 aromatic heterocycles. The molecule has 9 heteroatoms. The highest BCUT2D eigenvalue weighted by Crippen LogP contribution is 2.30. The van der Waals surface area contributed by atoms with E-state index in [4.69, 9.17) is 42.1 Å². The quantitative estimate of drug-likeness (QED) is 0.613. The molecule has 0 fully saturated rings. The lowest BCUT2D eigenvalue weighted by atomic mass is 10.2. The van der Waals surface area contributed by atoms with E-state index in [1.54, 1.807) is 30.3 Å². The van der Waals surface area contributed by atoms with Gasteiger partial charge in [-0.25, -0.2) is 4.79 Å². The number of carbonyl (C=O) groups excluding carboxylic acids is 2. The Hall–Kier alpha value is -2.64. The zero-order chi connectivity index (χ0) is 21.6. The fourth-order valence-corrected chi connectivity index (χ4v) is 2.73. The minimum absolute atomic E-state index is 0.257. The van der Waals surface area contributed by atoms with E-state index in [2.05, 4.69) is 5.32 Å². The minimum Gasteiger partial charge on any atom is -0.497 e. The molecule has 0 saturated carbocycles. The number of benzene rings is 2. The summed E-state index contributed by atoms with van der Waals surface area (Å²) in [5, 5.41) is 3.35. The van der Waals surface area contributed by atoms with Crippen molar-refractivity contribution in [1.29, 1.82) is 0 Å². The fraction of sp³-hybridized carbons (Fsp3) is 0.300. The molecular weight excluding hydrogens is 421 g/mol. The van der Waals surface area contributed by atoms with Gasteiger partial charge in [0.15, 0.2) is 12.2 Å². The third kappa shape index (κ3) is 6.17. The molecule has 2 unspecified atom stereocenters. The lowest BCUT2D eigenvalue weighted by Crippen LogP contribution is -2.35. The molecule has 0 saturated heterocycles. The van der Waals surface area contributed by atoms with Gasteiger partial charge in [0.2, 0.25) is 0 Å². The number of hydrogen-bond acceptors (Lipinski definition) is 6. The lowest BCUT2D eigenvalue weighted by Gasteiger charge is -2.19. The van der Waals surface area contributed by atoms with Gasteiger partial charge in [0.1, 0.15) is 17.2 Å². The number of amides is 1. The maximum atomic E-state index is 12.4. The summed E-state index contributed by atoms with van der Waals surface area (Å²) < 4.78 is 21.0. The van der Waals surface area contributed by atoms with Gasteiger partial charge in [0.25, 0.3) is 5.91 Å². The minimum atomic E-state index is -1.08. The first-order valence-corrected chi connectivity index (χ1v) is 9.35. The Morgan fingerprint density at radius 1 is 0.931 bits per heavy atom. The van der Waals surface area contributed by atoms with Crippen LogP contribution >= 0.6 is 23.2 Å². The second-order valence-electron chi connectivity index (χ2n) is 5.97. The van der Waals surface area contributed by atoms with Gasteiger partial charge in [0, 0.05) is 11.1 Å². The van der Waals surface area contributed by atoms with Crippen LogP contribution in [0.25, 0.3) is 0 Å². The summed E-state index contributed by atoms with van der Waals surface area (Å²) in [6.45, 7) is 2.94. The van der Waals surface area contributed by atoms with Crippen molar-refractivity contribution in [3.63, 3.8) is 0 Å². The van der Waals surface area contributed by atoms with Gasteiger partial charge in [-0.05, 0) is 44.2 Å². The predicted octanol–water partition coefficient (Wildman–Crippen LogP) is 4.35. The first kappa shape index (κ1) is 22.6. The largest absolute Gasteiger partial charge is 0.497 e. The van der Waals surface area contributed by atoms with Gasteiger partial charge in [-0.3, -0.25) is 4.79 Å². The predicted molar refractivity (Wildman–Crippen MR) is 110 cm³/mol. The summed E-state index contributed by atoms with van der Waals surface area (Å²) in [6, 6.07) is 9.56. The van der Waals surface area contributed by atoms with Crippen molar-refractivity contribution >= 4 is 40.8 Å². The molecule has 2 aromatic rings. The highest BCUT2D eigenvalue weighted by molar-refractivity contribution is 6.35. The molecule has 0 aliphatic carbocycles. The van der Waals surface area contributed by atoms with E-state index in [0.29, 0.717) is 22.2 Å². The summed E-state index contributed by atoms with van der Waals surface area (Å²) in [5.41, 5.74) is 0.386. The summed E-state index contributed by atoms with van der Waals surface area (Å²) in [7, 11) is 2.98. The van der Waals surface area contributed by atoms with Gasteiger partial charge in [-0.15, -0.1) is 0 Å². The van der Waals surface area contributed by atoms with E-state index in [1.807, 2.05) is 0 Å². The lowest BCUT2D eigenvalue weighted by molar-refractivity contribution is -0.159. The molecule has 0 spiro atoms. The van der Waals surface area contributed by atoms with Crippen LogP contribution in [-0.4, -0.2) is 38.3 Å². The Morgan fingerprint density at radius 2 is 1.62 bits per heavy atom. The van der Waals surface area contributed by atoms with Gasteiger partial charge in [-0.1, -0.05) is 23.2 Å². The van der Waals surface area contributed by atoms with Crippen LogP contribution in [0.15, 0.2) is 36.4 Å². The number of esters is 1. The Bertz CT molecular complexity index is 889. The van der Waals surface area contributed by atoms with E-state index in [1.165, 1.54) is 34.1 Å². The molecule has 156 valence electrons. The van der Waals surface area contributed by atoms with Gasteiger partial charge < -0.3 is 24.3 Å². The van der Waals surface area contributed by atoms with Crippen molar-refractivity contribution in [2.24, 2.45) is 0 Å². The average Bonchev–Trinajstić information content (AvgIpc) is 2.69. The van der Waals surface area contributed by atoms with Crippen molar-refractivity contribution in [2.45, 2.75) is 26.1 Å². The van der Waals surface area contributed by atoms with Gasteiger partial charge in [0.05, 0.1) is 24.9 Å². The second-order valence-corrected chi connectivity index (χ2v) is 6.81. The SMILES string of the molecule is COc1ccc(OC)c(NC(=O)C(C)OC(=O)C(C)Oc2ccc(Cl)cc2Cl)c1. The molecule has 29 heavy (non-hydrogen) atoms. The van der Waals surface area contributed by atoms with Crippen molar-refractivity contribution in [1.82, 2.24) is 0 Å². The number of hydrogen-bond donors (Lipinski definition) is 1. The molecule has 2 aromatic carbocycles. The number of halogens is 2. The van der Waals surface area contributed by atoms with Crippen LogP contribution in [0.5, 0.6) is 17.2 Å². The summed E-state index contributed by atoms with van der Waals surface area (Å²) in [4.78, 5) is 24.7. The summed E-state index contributed by atoms with van der Waals surface area (Å²) in [5.74, 6) is -0.0176. The highest BCUT2D eigenvalue weighted by atomic mass is 35.5. The standard InChI is InChI=1S/C20H21Cl2NO6/c1-11(19(24)23-16-10-14(26-3)6-8-18(16)27-4)29-20(25)12(2)28-17-7-5-13(21)9-15(17)22/h5-12H,1-4H3,(H,23,24). The monoisotopic (exact) mass is 441 g/mol. The van der Waals surface area contributed by atoms with Crippen LogP contribution in [0.2, 0.25) is 10.0 Å². The van der Waals surface area contributed by atoms with Crippen molar-refractivity contribution in [3.8, 4) is 17.2 Å². The van der Waals surface area contributed by atoms with E-state index in [-0.39, 0.29) is 10.8 Å². The fourth-order valence-electron chi connectivity index (χ4n) is 2.28. The van der Waals surface area contributed by atoms with Crippen LogP contribution in [0.3, 0.4) is 0 Å². The Balaban J connectivity index is 1.98. The van der Waals surface area contributed by atoms with Crippen LogP contribution in [0.1, 0.15) is 13.8 Å². The molecular formula is C20H21Cl2NO6. The zero-order valence-electron chi connectivity index (χ0n) is 16.3. The molecule has 0 aliphatic rings. The summed E-state index contributed by atoms with van der Waals surface area (Å²) >= 11 is 11.9. The molecule has 2 rings (SSSR count). The molecule has 0 radical (unpaired) electrons. The smallest absolute Gasteiger partial charge is 0.347 e. The van der Waals surface area contributed by atoms with E-state index >= 15 is 0 Å². The van der Waals surface area contributed by atoms with E-state index < -0.39 is 24.1 Å². The Labute approximate surface area is 178 Å². The topological polar surface area (TPSA) is 83.1 Å². The van der Waals surface area contributed by atoms with Gasteiger partial charge in [-0.2, -0.15) is 0 Å². The highest BCUT2D eigenvalue weighted by Gasteiger charge is 2.24. The van der Waals surface area contributed by atoms with E-state index in [0.717, 1.165) is 0 Å². The first-order chi connectivity index (χ1) is 13.7. The maximum Gasteiger partial charge on any atom is 0.347 e. The van der Waals surface area contributed by atoms with Crippen molar-refractivity contribution < 1.29 is 28.5 Å². The molecule has 0 heterocycles. The second kappa shape index (κ2) is 10.2. The number of methoxy groups -OCH3 is 2. The number of ether oxygens (including phenoxy) is 4. The Morgan fingerprint density at radius 3 is 2.24 bits per heavy atom. The van der Waals surface area contributed by atoms with Crippen molar-refractivity contribution in [3.05, 3.63) is 46.4 Å². The Kier molecular flexibility index (Phi) is 7.99. The van der Waals surface area contributed by atoms with Crippen LogP contribution < -0.4 is 19.5 Å². The zero-order valence-corrected chi connectivity index (χ0v) is 17.8. The molecule has 1 amide bonds. The molecule has 7 nitrogen and oxygen atoms in total. The van der Waals surface area contributed by atoms with E-state index in [9.17, 15) is 9.59 Å². The van der Waals surface area contributed by atoms with Crippen LogP contribution in [-0.2, 0) is 14.3 Å². The molecule has 0 aliphatic heterocycles. The normalized spacial score (nSPS) is 12.5. The number of nitrogens with one attached hydrogen (secondary N) is 1. The number of carbonyl (C=O) groups is 2. The first-order valence-electron chi connectivity index (χ1n) is 8.60. The molecule has 1 N–H and O–H groups in total. The molecule has 2 atom stereocenters. The number of anilines is 1. The maximum absolute atomic E-state index is 12.4. The van der Waals surface area contributed by atoms with Crippen LogP contribution in [0.4, 0.5) is 5.69 Å². The molecule has 0 bridgehead atoms. The van der Waals surface area contributed by atoms with Gasteiger partial charge >= 0.3 is 5.97 Å². The number of rotatable bonds is 8. The van der Waals surface area contributed by atoms with Crippen molar-refractivity contribution in [2.75, 3.05) is 19.5 Å². The summed E-state index contributed by atoms with van der Waals surface area (Å²) in [6.07, 6.45) is -2.07. The third-order valence-electron chi connectivity index (χ3n) is 3.86.